The van der Waals surface area contributed by atoms with Crippen LogP contribution in [0.1, 0.15) is 23.6 Å². The normalized spacial score (nSPS) is 16.7. The smallest absolute Gasteiger partial charge is 0.306 e. The third-order valence-corrected chi connectivity index (χ3v) is 5.19. The van der Waals surface area contributed by atoms with Gasteiger partial charge in [0.1, 0.15) is 5.82 Å². The van der Waals surface area contributed by atoms with Gasteiger partial charge in [0, 0.05) is 22.1 Å². The third-order valence-electron chi connectivity index (χ3n) is 4.13. The van der Waals surface area contributed by atoms with Crippen LogP contribution >= 0.6 is 27.5 Å². The largest absolute Gasteiger partial charge is 0.326 e. The number of carbonyl (C=O) groups is 2. The minimum Gasteiger partial charge on any atom is -0.306 e. The van der Waals surface area contributed by atoms with Gasteiger partial charge in [-0.1, -0.05) is 23.7 Å². The van der Waals surface area contributed by atoms with E-state index in [9.17, 15) is 14.0 Å². The van der Waals surface area contributed by atoms with Gasteiger partial charge in [-0.2, -0.15) is 0 Å². The van der Waals surface area contributed by atoms with Crippen molar-refractivity contribution in [2.75, 3.05) is 5.32 Å². The molecule has 7 heteroatoms. The van der Waals surface area contributed by atoms with Gasteiger partial charge < -0.3 is 5.32 Å². The minimum atomic E-state index is -0.500. The molecule has 2 amide bonds. The monoisotopic (exact) mass is 436 g/mol. The van der Waals surface area contributed by atoms with Gasteiger partial charge >= 0.3 is 6.03 Å². The van der Waals surface area contributed by atoms with Gasteiger partial charge in [0.2, 0.25) is 0 Å². The van der Waals surface area contributed by atoms with E-state index in [1.165, 1.54) is 29.3 Å². The Balaban J connectivity index is 1.88. The van der Waals surface area contributed by atoms with Crippen molar-refractivity contribution >= 4 is 45.0 Å². The van der Waals surface area contributed by atoms with Gasteiger partial charge in [0.05, 0.1) is 11.7 Å². The molecule has 0 aliphatic carbocycles. The molecule has 1 unspecified atom stereocenters. The van der Waals surface area contributed by atoms with Crippen molar-refractivity contribution in [1.82, 2.24) is 4.90 Å². The molecule has 2 aromatic rings. The number of benzene rings is 2. The topological polar surface area (TPSA) is 49.4 Å². The summed E-state index contributed by atoms with van der Waals surface area (Å²) in [6, 6.07) is 8.35. The molecule has 0 spiro atoms. The predicted molar refractivity (Wildman–Crippen MR) is 103 cm³/mol. The molecule has 0 fully saturated rings. The molecule has 1 heterocycles. The van der Waals surface area contributed by atoms with Gasteiger partial charge in [-0.3, -0.25) is 9.69 Å². The van der Waals surface area contributed by atoms with E-state index in [1.807, 2.05) is 6.92 Å². The molecule has 1 atom stereocenters. The zero-order valence-corrected chi connectivity index (χ0v) is 16.1. The maximum absolute atomic E-state index is 13.2. The van der Waals surface area contributed by atoms with E-state index < -0.39 is 12.1 Å². The Bertz CT molecular complexity index is 899. The van der Waals surface area contributed by atoms with Crippen molar-refractivity contribution in [3.05, 3.63) is 75.1 Å². The number of allylic oxidation sites excluding steroid dienone is 1. The van der Waals surface area contributed by atoms with Crippen LogP contribution in [0.15, 0.2) is 53.1 Å². The molecule has 0 radical (unpaired) electrons. The van der Waals surface area contributed by atoms with Crippen LogP contribution in [0.25, 0.3) is 0 Å². The van der Waals surface area contributed by atoms with Crippen LogP contribution in [0.3, 0.4) is 0 Å². The fourth-order valence-electron chi connectivity index (χ4n) is 2.73. The molecule has 134 valence electrons. The number of nitrogens with zero attached hydrogens (tertiary/aromatic N) is 1. The summed E-state index contributed by atoms with van der Waals surface area (Å²) < 4.78 is 13.8. The molecular formula is C19H15BrClFN2O2. The molecule has 0 saturated heterocycles. The highest BCUT2D eigenvalue weighted by Gasteiger charge is 2.29. The number of anilines is 1. The van der Waals surface area contributed by atoms with Crippen molar-refractivity contribution in [3.63, 3.8) is 0 Å². The molecule has 0 saturated carbocycles. The van der Waals surface area contributed by atoms with Gasteiger partial charge in [-0.25, -0.2) is 9.18 Å². The summed E-state index contributed by atoms with van der Waals surface area (Å²) >= 11 is 9.45. The standard InChI is InChI=1S/C19H15BrClFN2O2/c1-11-8-17(15(20)10-16(11)21)23-19(26)24-7-6-14(25)9-18(24)12-2-4-13(22)5-3-12/h2-8,10,18H,9H2,1H3,(H,23,26). The average Bonchev–Trinajstić information content (AvgIpc) is 2.60. The van der Waals surface area contributed by atoms with Crippen LogP contribution < -0.4 is 5.32 Å². The van der Waals surface area contributed by atoms with E-state index in [0.29, 0.717) is 20.7 Å². The summed E-state index contributed by atoms with van der Waals surface area (Å²) in [6.45, 7) is 1.84. The molecule has 1 N–H and O–H groups in total. The van der Waals surface area contributed by atoms with Crippen molar-refractivity contribution < 1.29 is 14.0 Å². The van der Waals surface area contributed by atoms with Gasteiger partial charge in [0.15, 0.2) is 5.78 Å². The second-order valence-corrected chi connectivity index (χ2v) is 7.23. The number of hydrogen-bond donors (Lipinski definition) is 1. The number of ketones is 1. The summed E-state index contributed by atoms with van der Waals surface area (Å²) in [6.07, 6.45) is 2.95. The van der Waals surface area contributed by atoms with Crippen LogP contribution in [0.2, 0.25) is 5.02 Å². The second-order valence-electron chi connectivity index (χ2n) is 5.97. The summed E-state index contributed by atoms with van der Waals surface area (Å²) in [4.78, 5) is 26.1. The number of aryl methyl sites for hydroxylation is 1. The number of halogens is 3. The SMILES string of the molecule is Cc1cc(NC(=O)N2C=CC(=O)CC2c2ccc(F)cc2)c(Br)cc1Cl. The maximum atomic E-state index is 13.2. The van der Waals surface area contributed by atoms with E-state index >= 15 is 0 Å². The highest BCUT2D eigenvalue weighted by atomic mass is 79.9. The molecule has 0 bridgehead atoms. The quantitative estimate of drug-likeness (QED) is 0.664. The lowest BCUT2D eigenvalue weighted by Crippen LogP contribution is -2.37. The second kappa shape index (κ2) is 7.60. The Hall–Kier alpha value is -2.18. The Labute approximate surface area is 163 Å². The lowest BCUT2D eigenvalue weighted by molar-refractivity contribution is -0.116. The summed E-state index contributed by atoms with van der Waals surface area (Å²) in [5.41, 5.74) is 2.08. The summed E-state index contributed by atoms with van der Waals surface area (Å²) in [5.74, 6) is -0.463. The van der Waals surface area contributed by atoms with Crippen LogP contribution in [0, 0.1) is 12.7 Å². The number of nitrogens with one attached hydrogen (secondary N) is 1. The molecular weight excluding hydrogens is 423 g/mol. The first-order valence-corrected chi connectivity index (χ1v) is 9.03. The molecule has 2 aromatic carbocycles. The Morgan fingerprint density at radius 2 is 2.00 bits per heavy atom. The molecule has 1 aliphatic rings. The van der Waals surface area contributed by atoms with Gasteiger partial charge in [0.25, 0.3) is 0 Å². The highest BCUT2D eigenvalue weighted by Crippen LogP contribution is 2.32. The van der Waals surface area contributed by atoms with E-state index in [2.05, 4.69) is 21.2 Å². The number of urea groups is 1. The Morgan fingerprint density at radius 1 is 1.31 bits per heavy atom. The fraction of sp³-hybridized carbons (Fsp3) is 0.158. The first-order chi connectivity index (χ1) is 12.3. The van der Waals surface area contributed by atoms with Crippen LogP contribution in [-0.2, 0) is 4.79 Å². The lowest BCUT2D eigenvalue weighted by Gasteiger charge is -2.31. The molecule has 4 nitrogen and oxygen atoms in total. The zero-order chi connectivity index (χ0) is 18.8. The lowest BCUT2D eigenvalue weighted by atomic mass is 9.97. The van der Waals surface area contributed by atoms with Crippen molar-refractivity contribution in [3.8, 4) is 0 Å². The van der Waals surface area contributed by atoms with Crippen molar-refractivity contribution in [2.24, 2.45) is 0 Å². The first-order valence-electron chi connectivity index (χ1n) is 7.86. The van der Waals surface area contributed by atoms with Crippen molar-refractivity contribution in [2.45, 2.75) is 19.4 Å². The molecule has 26 heavy (non-hydrogen) atoms. The predicted octanol–water partition coefficient (Wildman–Crippen LogP) is 5.61. The number of rotatable bonds is 2. The van der Waals surface area contributed by atoms with Gasteiger partial charge in [-0.15, -0.1) is 0 Å². The number of amides is 2. The van der Waals surface area contributed by atoms with E-state index in [0.717, 1.165) is 5.56 Å². The fourth-order valence-corrected chi connectivity index (χ4v) is 3.47. The first kappa shape index (κ1) is 18.6. The number of carbonyl (C=O) groups excluding carboxylic acids is 2. The minimum absolute atomic E-state index is 0.0908. The summed E-state index contributed by atoms with van der Waals surface area (Å²) in [7, 11) is 0. The Morgan fingerprint density at radius 3 is 2.69 bits per heavy atom. The highest BCUT2D eigenvalue weighted by molar-refractivity contribution is 9.10. The number of hydrogen-bond acceptors (Lipinski definition) is 2. The van der Waals surface area contributed by atoms with Crippen LogP contribution in [0.5, 0.6) is 0 Å². The molecule has 3 rings (SSSR count). The summed E-state index contributed by atoms with van der Waals surface area (Å²) in [5, 5.41) is 3.40. The van der Waals surface area contributed by atoms with E-state index in [-0.39, 0.29) is 18.0 Å². The van der Waals surface area contributed by atoms with Crippen molar-refractivity contribution in [1.29, 1.82) is 0 Å². The van der Waals surface area contributed by atoms with Crippen LogP contribution in [0.4, 0.5) is 14.9 Å². The van der Waals surface area contributed by atoms with E-state index in [4.69, 9.17) is 11.6 Å². The Kier molecular flexibility index (Phi) is 5.44. The maximum Gasteiger partial charge on any atom is 0.326 e. The zero-order valence-electron chi connectivity index (χ0n) is 13.8. The van der Waals surface area contributed by atoms with Crippen LogP contribution in [-0.4, -0.2) is 16.7 Å². The molecule has 1 aliphatic heterocycles. The third kappa shape index (κ3) is 3.97. The molecule has 0 aromatic heterocycles. The average molecular weight is 438 g/mol. The van der Waals surface area contributed by atoms with Gasteiger partial charge in [-0.05, 0) is 64.3 Å². The van der Waals surface area contributed by atoms with E-state index in [1.54, 1.807) is 24.3 Å².